The van der Waals surface area contributed by atoms with Crippen LogP contribution in [0.3, 0.4) is 0 Å². The molecule has 0 saturated carbocycles. The molecule has 0 aromatic heterocycles. The van der Waals surface area contributed by atoms with E-state index in [1.807, 2.05) is 6.92 Å². The van der Waals surface area contributed by atoms with Gasteiger partial charge in [0, 0.05) is 36.1 Å². The highest BCUT2D eigenvalue weighted by Crippen LogP contribution is 2.30. The van der Waals surface area contributed by atoms with E-state index in [0.717, 1.165) is 19.3 Å². The van der Waals surface area contributed by atoms with Gasteiger partial charge in [-0.3, -0.25) is 14.3 Å². The van der Waals surface area contributed by atoms with E-state index >= 15 is 0 Å². The molecular formula is C23H28ClN3O5S. The van der Waals surface area contributed by atoms with E-state index in [1.54, 1.807) is 23.1 Å². The molecule has 1 atom stereocenters. The summed E-state index contributed by atoms with van der Waals surface area (Å²) in [5.74, 6) is 0.0221. The van der Waals surface area contributed by atoms with Crippen molar-refractivity contribution in [2.45, 2.75) is 43.5 Å². The van der Waals surface area contributed by atoms with Crippen LogP contribution in [0.15, 0.2) is 47.4 Å². The first-order valence-electron chi connectivity index (χ1n) is 10.8. The highest BCUT2D eigenvalue weighted by Gasteiger charge is 2.26. The number of carbonyl (C=O) groups is 2. The van der Waals surface area contributed by atoms with Crippen LogP contribution in [0.5, 0.6) is 5.75 Å². The molecule has 0 radical (unpaired) electrons. The Labute approximate surface area is 199 Å². The number of piperidine rings is 1. The maximum atomic E-state index is 13.1. The van der Waals surface area contributed by atoms with Gasteiger partial charge in [-0.05, 0) is 55.7 Å². The van der Waals surface area contributed by atoms with Gasteiger partial charge >= 0.3 is 0 Å². The van der Waals surface area contributed by atoms with Gasteiger partial charge in [0.15, 0.2) is 0 Å². The molecular weight excluding hydrogens is 466 g/mol. The largest absolute Gasteiger partial charge is 0.495 e. The third kappa shape index (κ3) is 6.39. The van der Waals surface area contributed by atoms with Gasteiger partial charge in [-0.2, -0.15) is 0 Å². The van der Waals surface area contributed by atoms with Crippen molar-refractivity contribution >= 4 is 39.1 Å². The number of nitrogens with zero attached hydrogens (tertiary/aromatic N) is 1. The van der Waals surface area contributed by atoms with Gasteiger partial charge < -0.3 is 15.0 Å². The lowest BCUT2D eigenvalue weighted by Gasteiger charge is -2.33. The molecule has 33 heavy (non-hydrogen) atoms. The number of methoxy groups -OCH3 is 1. The van der Waals surface area contributed by atoms with E-state index in [-0.39, 0.29) is 34.0 Å². The van der Waals surface area contributed by atoms with Gasteiger partial charge in [-0.1, -0.05) is 24.6 Å². The van der Waals surface area contributed by atoms with Crippen LogP contribution in [0.1, 0.15) is 43.0 Å². The number of benzene rings is 2. The zero-order valence-corrected chi connectivity index (χ0v) is 20.2. The number of amides is 2. The number of nitrogens with one attached hydrogen (secondary N) is 2. The van der Waals surface area contributed by atoms with E-state index in [4.69, 9.17) is 16.3 Å². The SMILES string of the molecule is CCCC(=O)NC1CCCN(C(=O)c2cccc(S(=O)(=O)Nc3cc(Cl)ccc3OC)c2)C1. The van der Waals surface area contributed by atoms with Crippen LogP contribution in [0.4, 0.5) is 5.69 Å². The Morgan fingerprint density at radius 3 is 2.73 bits per heavy atom. The molecule has 0 spiro atoms. The average Bonchev–Trinajstić information content (AvgIpc) is 2.79. The Morgan fingerprint density at radius 1 is 1.21 bits per heavy atom. The van der Waals surface area contributed by atoms with E-state index in [0.29, 0.717) is 30.3 Å². The summed E-state index contributed by atoms with van der Waals surface area (Å²) in [5, 5.41) is 3.32. The van der Waals surface area contributed by atoms with Crippen LogP contribution >= 0.6 is 11.6 Å². The molecule has 2 amide bonds. The molecule has 2 N–H and O–H groups in total. The molecule has 2 aromatic carbocycles. The minimum absolute atomic E-state index is 0.0209. The minimum atomic E-state index is -4.00. The second-order valence-electron chi connectivity index (χ2n) is 7.89. The predicted molar refractivity (Wildman–Crippen MR) is 127 cm³/mol. The van der Waals surface area contributed by atoms with Crippen molar-refractivity contribution in [3.8, 4) is 5.75 Å². The van der Waals surface area contributed by atoms with Crippen molar-refractivity contribution in [2.24, 2.45) is 0 Å². The Kier molecular flexibility index (Phi) is 8.20. The monoisotopic (exact) mass is 493 g/mol. The molecule has 2 aromatic rings. The van der Waals surface area contributed by atoms with Crippen LogP contribution in [-0.2, 0) is 14.8 Å². The normalized spacial score (nSPS) is 16.2. The lowest BCUT2D eigenvalue weighted by Crippen LogP contribution is -2.49. The quantitative estimate of drug-likeness (QED) is 0.583. The Balaban J connectivity index is 1.76. The fourth-order valence-corrected chi connectivity index (χ4v) is 5.03. The second-order valence-corrected chi connectivity index (χ2v) is 10.0. The number of sulfonamides is 1. The number of rotatable bonds is 8. The summed E-state index contributed by atoms with van der Waals surface area (Å²) >= 11 is 6.00. The summed E-state index contributed by atoms with van der Waals surface area (Å²) < 4.78 is 33.6. The van der Waals surface area contributed by atoms with E-state index in [1.165, 1.54) is 31.4 Å². The Morgan fingerprint density at radius 2 is 2.00 bits per heavy atom. The Hall–Kier alpha value is -2.78. The lowest BCUT2D eigenvalue weighted by molar-refractivity contribution is -0.122. The molecule has 0 aliphatic carbocycles. The van der Waals surface area contributed by atoms with Crippen molar-refractivity contribution in [1.82, 2.24) is 10.2 Å². The summed E-state index contributed by atoms with van der Waals surface area (Å²) in [6.45, 7) is 2.88. The highest BCUT2D eigenvalue weighted by atomic mass is 35.5. The summed E-state index contributed by atoms with van der Waals surface area (Å²) in [7, 11) is -2.57. The Bertz CT molecular complexity index is 1120. The molecule has 1 heterocycles. The van der Waals surface area contributed by atoms with Crippen LogP contribution in [0, 0.1) is 0 Å². The van der Waals surface area contributed by atoms with E-state index in [9.17, 15) is 18.0 Å². The van der Waals surface area contributed by atoms with Crippen molar-refractivity contribution in [3.63, 3.8) is 0 Å². The van der Waals surface area contributed by atoms with Crippen molar-refractivity contribution in [1.29, 1.82) is 0 Å². The summed E-state index contributed by atoms with van der Waals surface area (Å²) in [6, 6.07) is 10.4. The maximum Gasteiger partial charge on any atom is 0.262 e. The van der Waals surface area contributed by atoms with E-state index < -0.39 is 10.0 Å². The van der Waals surface area contributed by atoms with Gasteiger partial charge in [0.05, 0.1) is 17.7 Å². The number of likely N-dealkylation sites (tertiary alicyclic amines) is 1. The fraction of sp³-hybridized carbons (Fsp3) is 0.391. The zero-order valence-electron chi connectivity index (χ0n) is 18.6. The number of ether oxygens (including phenoxy) is 1. The van der Waals surface area contributed by atoms with Gasteiger partial charge in [-0.25, -0.2) is 8.42 Å². The predicted octanol–water partition coefficient (Wildman–Crippen LogP) is 3.67. The highest BCUT2D eigenvalue weighted by molar-refractivity contribution is 7.92. The molecule has 0 bridgehead atoms. The van der Waals surface area contributed by atoms with Crippen LogP contribution in [0.2, 0.25) is 5.02 Å². The van der Waals surface area contributed by atoms with E-state index in [2.05, 4.69) is 10.0 Å². The first-order valence-corrected chi connectivity index (χ1v) is 12.6. The van der Waals surface area contributed by atoms with Crippen molar-refractivity contribution in [2.75, 3.05) is 24.9 Å². The van der Waals surface area contributed by atoms with Crippen LogP contribution in [-0.4, -0.2) is 51.4 Å². The number of carbonyl (C=O) groups excluding carboxylic acids is 2. The molecule has 1 aliphatic heterocycles. The van der Waals surface area contributed by atoms with Gasteiger partial charge in [0.25, 0.3) is 15.9 Å². The molecule has 1 aliphatic rings. The second kappa shape index (κ2) is 10.9. The molecule has 1 unspecified atom stereocenters. The number of hydrogen-bond donors (Lipinski definition) is 2. The molecule has 178 valence electrons. The number of halogens is 1. The van der Waals surface area contributed by atoms with Crippen LogP contribution in [0.25, 0.3) is 0 Å². The van der Waals surface area contributed by atoms with Crippen LogP contribution < -0.4 is 14.8 Å². The zero-order chi connectivity index (χ0) is 24.0. The van der Waals surface area contributed by atoms with Gasteiger partial charge in [-0.15, -0.1) is 0 Å². The van der Waals surface area contributed by atoms with Crippen molar-refractivity contribution < 1.29 is 22.7 Å². The summed E-state index contributed by atoms with van der Waals surface area (Å²) in [5.41, 5.74) is 0.458. The third-order valence-corrected chi connectivity index (χ3v) is 6.95. The number of hydrogen-bond acceptors (Lipinski definition) is 5. The summed E-state index contributed by atoms with van der Waals surface area (Å²) in [4.78, 5) is 26.6. The van der Waals surface area contributed by atoms with Crippen molar-refractivity contribution in [3.05, 3.63) is 53.1 Å². The smallest absolute Gasteiger partial charge is 0.262 e. The first kappa shape index (κ1) is 24.9. The maximum absolute atomic E-state index is 13.1. The number of anilines is 1. The lowest BCUT2D eigenvalue weighted by atomic mass is 10.0. The molecule has 3 rings (SSSR count). The molecule has 10 heteroatoms. The molecule has 8 nitrogen and oxygen atoms in total. The molecule has 1 saturated heterocycles. The minimum Gasteiger partial charge on any atom is -0.495 e. The first-order chi connectivity index (χ1) is 15.7. The van der Waals surface area contributed by atoms with Gasteiger partial charge in [0.2, 0.25) is 5.91 Å². The van der Waals surface area contributed by atoms with Gasteiger partial charge in [0.1, 0.15) is 5.75 Å². The molecule has 1 fully saturated rings. The fourth-order valence-electron chi connectivity index (χ4n) is 3.75. The standard InChI is InChI=1S/C23H28ClN3O5S/c1-3-6-22(28)25-18-8-5-12-27(15-18)23(29)16-7-4-9-19(13-16)33(30,31)26-20-14-17(24)10-11-21(20)32-2/h4,7,9-11,13-14,18,26H,3,5-6,8,12,15H2,1-2H3,(H,25,28). The summed E-state index contributed by atoms with van der Waals surface area (Å²) in [6.07, 6.45) is 2.78. The average molecular weight is 494 g/mol. The third-order valence-electron chi connectivity index (χ3n) is 5.35. The topological polar surface area (TPSA) is 105 Å².